The number of carboxylic acids is 1. The van der Waals surface area contributed by atoms with Gasteiger partial charge in [-0.2, -0.15) is 0 Å². The number of hydrazine groups is 1. The normalized spacial score (nSPS) is 11.2. The lowest BCUT2D eigenvalue weighted by molar-refractivity contribution is -0.255. The second kappa shape index (κ2) is 6.49. The predicted octanol–water partition coefficient (Wildman–Crippen LogP) is 0.352. The first-order valence-corrected chi connectivity index (χ1v) is 8.77. The van der Waals surface area contributed by atoms with Gasteiger partial charge in [0, 0.05) is 0 Å². The number of amides is 1. The zero-order chi connectivity index (χ0) is 17.2. The Balaban J connectivity index is 2.29. The van der Waals surface area contributed by atoms with Crippen LogP contribution in [0.1, 0.15) is 31.2 Å². The number of carboxylic acid groups (broad SMARTS) is 1. The predicted molar refractivity (Wildman–Crippen MR) is 82.4 cm³/mol. The molecule has 122 valence electrons. The Bertz CT molecular complexity index is 858. The minimum atomic E-state index is -4.12. The Hall–Kier alpha value is -2.23. The van der Waals surface area contributed by atoms with Crippen molar-refractivity contribution < 1.29 is 23.1 Å². The highest BCUT2D eigenvalue weighted by Gasteiger charge is 2.20. The van der Waals surface area contributed by atoms with E-state index in [0.717, 1.165) is 17.4 Å². The number of aryl methyl sites for hydroxylation is 1. The van der Waals surface area contributed by atoms with Crippen molar-refractivity contribution in [1.29, 1.82) is 0 Å². The van der Waals surface area contributed by atoms with Crippen LogP contribution in [0.4, 0.5) is 0 Å². The van der Waals surface area contributed by atoms with Gasteiger partial charge in [0.05, 0.1) is 15.7 Å². The van der Waals surface area contributed by atoms with Crippen LogP contribution in [0.5, 0.6) is 0 Å². The molecule has 9 heteroatoms. The standard InChI is InChI=1S/C14H14N2O5S2/c1-8-6-10(14(18)19)7-12(9(8)2)23(20,21)16-15-13(17)11-4-3-5-22-11/h3-7,16H,1-2H3,(H,15,17)(H,18,19)/p-1. The number of benzene rings is 1. The number of sulfonamides is 1. The molecule has 7 nitrogen and oxygen atoms in total. The second-order valence-electron chi connectivity index (χ2n) is 4.74. The van der Waals surface area contributed by atoms with Gasteiger partial charge in [0.2, 0.25) is 0 Å². The van der Waals surface area contributed by atoms with E-state index in [4.69, 9.17) is 0 Å². The van der Waals surface area contributed by atoms with E-state index in [2.05, 4.69) is 5.43 Å². The summed E-state index contributed by atoms with van der Waals surface area (Å²) in [7, 11) is -4.12. The van der Waals surface area contributed by atoms with Crippen LogP contribution in [0.15, 0.2) is 34.5 Å². The summed E-state index contributed by atoms with van der Waals surface area (Å²) in [6, 6.07) is 5.52. The molecule has 1 aromatic heterocycles. The van der Waals surface area contributed by atoms with Gasteiger partial charge < -0.3 is 9.90 Å². The molecule has 0 spiro atoms. The van der Waals surface area contributed by atoms with E-state index in [1.54, 1.807) is 31.4 Å². The molecule has 0 bridgehead atoms. The molecule has 0 aliphatic carbocycles. The number of nitrogens with one attached hydrogen (secondary N) is 2. The van der Waals surface area contributed by atoms with Gasteiger partial charge in [-0.15, -0.1) is 16.2 Å². The van der Waals surface area contributed by atoms with E-state index in [9.17, 15) is 23.1 Å². The summed E-state index contributed by atoms with van der Waals surface area (Å²) in [5.74, 6) is -2.08. The van der Waals surface area contributed by atoms with Crippen LogP contribution in [0, 0.1) is 13.8 Å². The molecular weight excluding hydrogens is 340 g/mol. The third-order valence-corrected chi connectivity index (χ3v) is 5.43. The van der Waals surface area contributed by atoms with E-state index in [-0.39, 0.29) is 10.5 Å². The van der Waals surface area contributed by atoms with Crippen molar-refractivity contribution in [2.24, 2.45) is 0 Å². The fourth-order valence-corrected chi connectivity index (χ4v) is 3.66. The van der Waals surface area contributed by atoms with Crippen molar-refractivity contribution in [3.8, 4) is 0 Å². The fraction of sp³-hybridized carbons (Fsp3) is 0.143. The summed E-state index contributed by atoms with van der Waals surface area (Å²) in [6.07, 6.45) is 0. The van der Waals surface area contributed by atoms with Gasteiger partial charge in [0.1, 0.15) is 0 Å². The highest BCUT2D eigenvalue weighted by atomic mass is 32.2. The number of hydrogen-bond acceptors (Lipinski definition) is 6. The summed E-state index contributed by atoms with van der Waals surface area (Å²) >= 11 is 1.16. The van der Waals surface area contributed by atoms with E-state index in [1.807, 2.05) is 4.83 Å². The average Bonchev–Trinajstić information content (AvgIpc) is 3.01. The van der Waals surface area contributed by atoms with Gasteiger partial charge in [-0.1, -0.05) is 6.07 Å². The second-order valence-corrected chi connectivity index (χ2v) is 7.34. The quantitative estimate of drug-likeness (QED) is 0.753. The Morgan fingerprint density at radius 3 is 2.48 bits per heavy atom. The van der Waals surface area contributed by atoms with Crippen molar-refractivity contribution in [2.45, 2.75) is 18.7 Å². The Kier molecular flexibility index (Phi) is 4.83. The molecule has 1 amide bonds. The van der Waals surface area contributed by atoms with Crippen molar-refractivity contribution in [1.82, 2.24) is 10.3 Å². The van der Waals surface area contributed by atoms with Crippen LogP contribution in [-0.4, -0.2) is 20.3 Å². The molecule has 2 aromatic rings. The van der Waals surface area contributed by atoms with Gasteiger partial charge in [-0.05, 0) is 54.1 Å². The minimum absolute atomic E-state index is 0.233. The smallest absolute Gasteiger partial charge is 0.276 e. The summed E-state index contributed by atoms with van der Waals surface area (Å²) in [5.41, 5.74) is 2.70. The molecule has 1 heterocycles. The third kappa shape index (κ3) is 3.76. The van der Waals surface area contributed by atoms with Gasteiger partial charge in [0.15, 0.2) is 0 Å². The van der Waals surface area contributed by atoms with Crippen molar-refractivity contribution >= 4 is 33.2 Å². The fourth-order valence-electron chi connectivity index (χ4n) is 1.86. The maximum atomic E-state index is 12.3. The Labute approximate surface area is 137 Å². The molecule has 0 atom stereocenters. The van der Waals surface area contributed by atoms with Crippen LogP contribution in [0.25, 0.3) is 0 Å². The van der Waals surface area contributed by atoms with Gasteiger partial charge in [-0.25, -0.2) is 8.42 Å². The van der Waals surface area contributed by atoms with Crippen LogP contribution < -0.4 is 15.4 Å². The Morgan fingerprint density at radius 1 is 1.22 bits per heavy atom. The topological polar surface area (TPSA) is 115 Å². The maximum absolute atomic E-state index is 12.3. The molecule has 0 aliphatic rings. The number of aromatic carboxylic acids is 1. The highest BCUT2D eigenvalue weighted by molar-refractivity contribution is 7.89. The van der Waals surface area contributed by atoms with Gasteiger partial charge >= 0.3 is 0 Å². The van der Waals surface area contributed by atoms with E-state index in [1.165, 1.54) is 6.07 Å². The zero-order valence-corrected chi connectivity index (χ0v) is 13.9. The van der Waals surface area contributed by atoms with Crippen LogP contribution >= 0.6 is 11.3 Å². The number of rotatable bonds is 5. The van der Waals surface area contributed by atoms with E-state index >= 15 is 0 Å². The van der Waals surface area contributed by atoms with E-state index in [0.29, 0.717) is 16.0 Å². The van der Waals surface area contributed by atoms with Crippen LogP contribution in [-0.2, 0) is 10.0 Å². The molecule has 0 saturated heterocycles. The Morgan fingerprint density at radius 2 is 1.91 bits per heavy atom. The molecule has 2 N–H and O–H groups in total. The van der Waals surface area contributed by atoms with Crippen LogP contribution in [0.3, 0.4) is 0 Å². The molecule has 0 radical (unpaired) electrons. The molecule has 0 fully saturated rings. The lowest BCUT2D eigenvalue weighted by Crippen LogP contribution is -2.41. The third-order valence-electron chi connectivity index (χ3n) is 3.19. The molecule has 1 aromatic carbocycles. The summed E-state index contributed by atoms with van der Waals surface area (Å²) in [6.45, 7) is 3.13. The lowest BCUT2D eigenvalue weighted by atomic mass is 10.1. The monoisotopic (exact) mass is 353 g/mol. The van der Waals surface area contributed by atoms with Crippen LogP contribution in [0.2, 0.25) is 0 Å². The summed E-state index contributed by atoms with van der Waals surface area (Å²) in [4.78, 5) is 24.8. The number of carbonyl (C=O) groups excluding carboxylic acids is 2. The summed E-state index contributed by atoms with van der Waals surface area (Å²) in [5, 5.41) is 12.7. The lowest BCUT2D eigenvalue weighted by Gasteiger charge is -2.14. The van der Waals surface area contributed by atoms with Gasteiger partial charge in [0.25, 0.3) is 15.9 Å². The van der Waals surface area contributed by atoms with Crippen molar-refractivity contribution in [3.63, 3.8) is 0 Å². The zero-order valence-electron chi connectivity index (χ0n) is 12.2. The first-order chi connectivity index (χ1) is 10.7. The number of carbonyl (C=O) groups is 2. The molecule has 0 unspecified atom stereocenters. The van der Waals surface area contributed by atoms with Gasteiger partial charge in [-0.3, -0.25) is 10.2 Å². The first kappa shape index (κ1) is 17.1. The molecule has 2 rings (SSSR count). The minimum Gasteiger partial charge on any atom is -0.545 e. The molecule has 0 saturated carbocycles. The molecule has 0 aliphatic heterocycles. The summed E-state index contributed by atoms with van der Waals surface area (Å²) < 4.78 is 24.6. The first-order valence-electron chi connectivity index (χ1n) is 6.40. The number of thiophene rings is 1. The SMILES string of the molecule is Cc1cc(C(=O)[O-])cc(S(=O)(=O)NNC(=O)c2cccs2)c1C. The molecular formula is C14H13N2O5S2-. The average molecular weight is 353 g/mol. The number of hydrogen-bond donors (Lipinski definition) is 2. The molecule has 23 heavy (non-hydrogen) atoms. The van der Waals surface area contributed by atoms with E-state index < -0.39 is 21.9 Å². The largest absolute Gasteiger partial charge is 0.545 e. The maximum Gasteiger partial charge on any atom is 0.276 e. The van der Waals surface area contributed by atoms with Crippen molar-refractivity contribution in [3.05, 3.63) is 51.2 Å². The highest BCUT2D eigenvalue weighted by Crippen LogP contribution is 2.20. The van der Waals surface area contributed by atoms with Crippen molar-refractivity contribution in [2.75, 3.05) is 0 Å².